The zero-order valence-electron chi connectivity index (χ0n) is 15.8. The van der Waals surface area contributed by atoms with Gasteiger partial charge in [0.05, 0.1) is 18.8 Å². The Labute approximate surface area is 155 Å². The largest absolute Gasteiger partial charge is 0.388 e. The number of hydrogen-bond donors (Lipinski definition) is 1. The lowest BCUT2D eigenvalue weighted by molar-refractivity contribution is -0.422. The number of nitrogens with zero attached hydrogens (tertiary/aromatic N) is 1. The van der Waals surface area contributed by atoms with E-state index in [1.165, 1.54) is 32.1 Å². The maximum Gasteiger partial charge on any atom is 0.119 e. The van der Waals surface area contributed by atoms with E-state index in [0.29, 0.717) is 17.8 Å². The molecule has 1 N–H and O–H groups in total. The molecule has 0 aromatic carbocycles. The molecule has 0 amide bonds. The minimum atomic E-state index is -0.345. The van der Waals surface area contributed by atoms with Gasteiger partial charge in [0.15, 0.2) is 0 Å². The number of piperidine rings is 1. The Morgan fingerprint density at radius 2 is 2.00 bits per heavy atom. The minimum absolute atomic E-state index is 0.0511. The monoisotopic (exact) mass is 357 g/mol. The van der Waals surface area contributed by atoms with Gasteiger partial charge in [0.2, 0.25) is 0 Å². The highest BCUT2D eigenvalue weighted by Crippen LogP contribution is 2.79. The van der Waals surface area contributed by atoms with E-state index in [1.807, 2.05) is 0 Å². The molecule has 4 saturated heterocycles. The molecule has 7 bridgehead atoms. The van der Waals surface area contributed by atoms with Crippen LogP contribution in [-0.2, 0) is 9.47 Å². The normalized spacial score (nSPS) is 65.2. The Balaban J connectivity index is 1.45. The highest BCUT2D eigenvalue weighted by atomic mass is 16.6. The van der Waals surface area contributed by atoms with E-state index in [1.54, 1.807) is 0 Å². The Morgan fingerprint density at radius 1 is 1.12 bits per heavy atom. The Kier molecular flexibility index (Phi) is 2.64. The molecule has 2 spiro atoms. The molecule has 142 valence electrons. The van der Waals surface area contributed by atoms with Gasteiger partial charge in [-0.1, -0.05) is 19.9 Å². The van der Waals surface area contributed by atoms with Gasteiger partial charge in [0.1, 0.15) is 12.5 Å². The molecule has 5 unspecified atom stereocenters. The molecule has 4 heteroatoms. The fourth-order valence-corrected chi connectivity index (χ4v) is 9.72. The van der Waals surface area contributed by atoms with Crippen LogP contribution in [-0.4, -0.2) is 47.8 Å². The molecule has 9 fully saturated rings. The molecular weight excluding hydrogens is 326 g/mol. The second-order valence-corrected chi connectivity index (χ2v) is 10.8. The van der Waals surface area contributed by atoms with Crippen LogP contribution in [0.1, 0.15) is 51.9 Å². The molecule has 5 aliphatic carbocycles. The molecule has 9 rings (SSSR count). The zero-order valence-corrected chi connectivity index (χ0v) is 15.8. The molecule has 0 radical (unpaired) electrons. The third-order valence-electron chi connectivity index (χ3n) is 10.5. The molecule has 4 heterocycles. The third-order valence-corrected chi connectivity index (χ3v) is 10.5. The van der Waals surface area contributed by atoms with Gasteiger partial charge in [-0.05, 0) is 61.9 Å². The molecular formula is C22H31NO3. The molecule has 26 heavy (non-hydrogen) atoms. The summed E-state index contributed by atoms with van der Waals surface area (Å²) in [4.78, 5) is 2.60. The van der Waals surface area contributed by atoms with Crippen LogP contribution in [0.2, 0.25) is 0 Å². The molecule has 0 aromatic rings. The van der Waals surface area contributed by atoms with Crippen molar-refractivity contribution in [2.24, 2.45) is 34.0 Å². The first kappa shape index (κ1) is 15.5. The highest BCUT2D eigenvalue weighted by molar-refractivity contribution is 5.32. The second kappa shape index (κ2) is 4.42. The van der Waals surface area contributed by atoms with Gasteiger partial charge in [-0.3, -0.25) is 0 Å². The standard InChI is InChI=1S/C22H31NO3/c1-12-13-4-7-22(17(12)24)15(10-13)21-6-3-5-20(2)14(21)11-16(22)26-19(21)23-8-9-25-18(20)23/h13-19,24H,1,3-11H2,2H3/t13?,14-,15?,16+,17+,18?,19?,20-,21?,22-/m1/s1. The summed E-state index contributed by atoms with van der Waals surface area (Å²) in [5.41, 5.74) is 1.55. The van der Waals surface area contributed by atoms with E-state index in [-0.39, 0.29) is 40.9 Å². The number of hydrogen-bond acceptors (Lipinski definition) is 4. The maximum atomic E-state index is 11.4. The maximum absolute atomic E-state index is 11.4. The van der Waals surface area contributed by atoms with Crippen LogP contribution >= 0.6 is 0 Å². The molecule has 9 aliphatic rings. The van der Waals surface area contributed by atoms with E-state index in [9.17, 15) is 5.11 Å². The Hall–Kier alpha value is -0.420. The van der Waals surface area contributed by atoms with E-state index in [0.717, 1.165) is 31.6 Å². The SMILES string of the molecule is C=C1C2CC[C@]3(C(C2)C24CCC[C@@]5(C)C6OCCN6C2O[C@H]3C[C@@H]45)[C@H]1O. The van der Waals surface area contributed by atoms with Gasteiger partial charge in [0.25, 0.3) is 0 Å². The lowest BCUT2D eigenvalue weighted by Crippen LogP contribution is -2.83. The summed E-state index contributed by atoms with van der Waals surface area (Å²) in [7, 11) is 0. The van der Waals surface area contributed by atoms with Crippen molar-refractivity contribution in [3.8, 4) is 0 Å². The van der Waals surface area contributed by atoms with Crippen LogP contribution in [0.15, 0.2) is 12.2 Å². The predicted molar refractivity (Wildman–Crippen MR) is 96.0 cm³/mol. The van der Waals surface area contributed by atoms with Crippen LogP contribution < -0.4 is 0 Å². The van der Waals surface area contributed by atoms with Crippen LogP contribution in [0.4, 0.5) is 0 Å². The zero-order chi connectivity index (χ0) is 17.5. The second-order valence-electron chi connectivity index (χ2n) is 10.8. The van der Waals surface area contributed by atoms with E-state index >= 15 is 0 Å². The molecule has 10 atom stereocenters. The molecule has 4 aliphatic heterocycles. The van der Waals surface area contributed by atoms with E-state index < -0.39 is 0 Å². The average molecular weight is 357 g/mol. The fourth-order valence-electron chi connectivity index (χ4n) is 9.72. The number of aliphatic hydroxyl groups is 1. The summed E-state index contributed by atoms with van der Waals surface area (Å²) in [6, 6.07) is 0. The number of fused-ring (bicyclic) bond motifs is 4. The molecule has 4 nitrogen and oxygen atoms in total. The highest BCUT2D eigenvalue weighted by Gasteiger charge is 2.80. The van der Waals surface area contributed by atoms with Gasteiger partial charge in [-0.25, -0.2) is 4.90 Å². The van der Waals surface area contributed by atoms with Crippen LogP contribution in [0.25, 0.3) is 0 Å². The lowest BCUT2D eigenvalue weighted by atomic mass is 9.32. The van der Waals surface area contributed by atoms with Crippen molar-refractivity contribution in [3.05, 3.63) is 12.2 Å². The Bertz CT molecular complexity index is 710. The van der Waals surface area contributed by atoms with E-state index in [4.69, 9.17) is 9.47 Å². The summed E-state index contributed by atoms with van der Waals surface area (Å²) in [5.74, 6) is 1.84. The van der Waals surface area contributed by atoms with Crippen molar-refractivity contribution in [1.29, 1.82) is 0 Å². The average Bonchev–Trinajstić information content (AvgIpc) is 3.14. The smallest absolute Gasteiger partial charge is 0.119 e. The van der Waals surface area contributed by atoms with Gasteiger partial charge in [-0.15, -0.1) is 0 Å². The van der Waals surface area contributed by atoms with Crippen molar-refractivity contribution >= 4 is 0 Å². The summed E-state index contributed by atoms with van der Waals surface area (Å²) in [6.07, 6.45) is 8.94. The topological polar surface area (TPSA) is 41.9 Å². The van der Waals surface area contributed by atoms with Crippen LogP contribution in [0.3, 0.4) is 0 Å². The van der Waals surface area contributed by atoms with E-state index in [2.05, 4.69) is 18.4 Å². The minimum Gasteiger partial charge on any atom is -0.388 e. The van der Waals surface area contributed by atoms with Crippen molar-refractivity contribution in [2.45, 2.75) is 76.5 Å². The van der Waals surface area contributed by atoms with Gasteiger partial charge < -0.3 is 14.6 Å². The van der Waals surface area contributed by atoms with Crippen LogP contribution in [0, 0.1) is 34.0 Å². The number of ether oxygens (including phenoxy) is 2. The Morgan fingerprint density at radius 3 is 2.88 bits per heavy atom. The number of aliphatic hydroxyl groups excluding tert-OH is 1. The van der Waals surface area contributed by atoms with Crippen molar-refractivity contribution in [1.82, 2.24) is 4.90 Å². The van der Waals surface area contributed by atoms with Gasteiger partial charge in [0, 0.05) is 22.8 Å². The summed E-state index contributed by atoms with van der Waals surface area (Å²) in [5, 5.41) is 11.4. The third kappa shape index (κ3) is 1.32. The summed E-state index contributed by atoms with van der Waals surface area (Å²) >= 11 is 0. The first-order valence-electron chi connectivity index (χ1n) is 10.9. The fraction of sp³-hybridized carbons (Fsp3) is 0.909. The van der Waals surface area contributed by atoms with Gasteiger partial charge >= 0.3 is 0 Å². The van der Waals surface area contributed by atoms with Crippen molar-refractivity contribution < 1.29 is 14.6 Å². The predicted octanol–water partition coefficient (Wildman–Crippen LogP) is 2.91. The molecule has 5 saturated carbocycles. The van der Waals surface area contributed by atoms with Crippen LogP contribution in [0.5, 0.6) is 0 Å². The van der Waals surface area contributed by atoms with Gasteiger partial charge in [-0.2, -0.15) is 0 Å². The van der Waals surface area contributed by atoms with Crippen molar-refractivity contribution in [2.75, 3.05) is 13.2 Å². The quantitative estimate of drug-likeness (QED) is 0.677. The summed E-state index contributed by atoms with van der Waals surface area (Å²) in [6.45, 7) is 8.71. The summed E-state index contributed by atoms with van der Waals surface area (Å²) < 4.78 is 13.2. The first-order valence-corrected chi connectivity index (χ1v) is 10.9. The first-order chi connectivity index (χ1) is 12.5. The molecule has 0 aromatic heterocycles. The lowest BCUT2D eigenvalue weighted by Gasteiger charge is -2.80. The van der Waals surface area contributed by atoms with Crippen molar-refractivity contribution in [3.63, 3.8) is 0 Å². The number of rotatable bonds is 0.